The van der Waals surface area contributed by atoms with Gasteiger partial charge in [-0.15, -0.1) is 0 Å². The summed E-state index contributed by atoms with van der Waals surface area (Å²) >= 11 is 0. The molecule has 2 rings (SSSR count). The Balaban J connectivity index is 0.00000165. The second-order valence-corrected chi connectivity index (χ2v) is 6.22. The molecule has 0 aliphatic carbocycles. The molecule has 2 aromatic carbocycles. The first-order valence-corrected chi connectivity index (χ1v) is 9.16. The molecule has 0 aromatic heterocycles. The largest absolute Gasteiger partial charge is 0.507 e. The Labute approximate surface area is 192 Å². The molecule has 0 heterocycles. The van der Waals surface area contributed by atoms with Gasteiger partial charge < -0.3 is 24.8 Å². The van der Waals surface area contributed by atoms with E-state index in [4.69, 9.17) is 19.4 Å². The molecule has 0 spiro atoms. The van der Waals surface area contributed by atoms with Gasteiger partial charge in [-0.2, -0.15) is 0 Å². The molecular weight excluding hydrogens is 443 g/mol. The number of methoxy groups -OCH3 is 2. The van der Waals surface area contributed by atoms with E-state index >= 15 is 0 Å². The van der Waals surface area contributed by atoms with Gasteiger partial charge in [-0.25, -0.2) is 0 Å². The van der Waals surface area contributed by atoms with E-state index in [0.29, 0.717) is 35.7 Å². The number of aliphatic carboxylic acids is 1. The van der Waals surface area contributed by atoms with Gasteiger partial charge >= 0.3 is 0 Å². The molecule has 3 N–H and O–H groups in total. The van der Waals surface area contributed by atoms with E-state index in [2.05, 4.69) is 9.98 Å². The van der Waals surface area contributed by atoms with Crippen LogP contribution in [0.5, 0.6) is 23.0 Å². The molecule has 2 aromatic rings. The van der Waals surface area contributed by atoms with Crippen LogP contribution in [0.2, 0.25) is 0 Å². The molecule has 9 heteroatoms. The number of aromatic hydroxyl groups is 2. The Morgan fingerprint density at radius 3 is 1.39 bits per heavy atom. The molecule has 0 unspecified atom stereocenters. The molecule has 169 valence electrons. The molecule has 0 bridgehead atoms. The number of carbonyl (C=O) groups is 1. The van der Waals surface area contributed by atoms with Crippen molar-refractivity contribution in [2.45, 2.75) is 20.8 Å². The predicted molar refractivity (Wildman–Crippen MR) is 117 cm³/mol. The molecule has 0 saturated carbocycles. The fourth-order valence-electron chi connectivity index (χ4n) is 2.49. The van der Waals surface area contributed by atoms with Crippen molar-refractivity contribution in [3.63, 3.8) is 0 Å². The van der Waals surface area contributed by atoms with Crippen molar-refractivity contribution in [3.05, 3.63) is 47.5 Å². The number of carboxylic acids is 1. The summed E-state index contributed by atoms with van der Waals surface area (Å²) in [6.45, 7) is 5.72. The monoisotopic (exact) mass is 471 g/mol. The third-order valence-electron chi connectivity index (χ3n) is 3.99. The Kier molecular flexibility index (Phi) is 12.7. The summed E-state index contributed by atoms with van der Waals surface area (Å²) in [4.78, 5) is 17.9. The van der Waals surface area contributed by atoms with E-state index in [1.807, 2.05) is 13.8 Å². The minimum Gasteiger partial charge on any atom is -0.507 e. The van der Waals surface area contributed by atoms with Crippen LogP contribution in [-0.2, 0) is 21.9 Å². The molecule has 0 aliphatic rings. The number of ether oxygens (including phenoxy) is 2. The molecular formula is C22H28MnN2O6. The number of benzene rings is 2. The van der Waals surface area contributed by atoms with E-state index < -0.39 is 5.97 Å². The van der Waals surface area contributed by atoms with Crippen LogP contribution in [0, 0.1) is 0 Å². The smallest absolute Gasteiger partial charge is 0.300 e. The number of nitrogens with zero attached hydrogens (tertiary/aromatic N) is 2. The normalized spacial score (nSPS) is 11.0. The topological polar surface area (TPSA) is 121 Å². The van der Waals surface area contributed by atoms with Crippen LogP contribution >= 0.6 is 0 Å². The molecule has 1 radical (unpaired) electrons. The Morgan fingerprint density at radius 2 is 1.13 bits per heavy atom. The zero-order valence-corrected chi connectivity index (χ0v) is 19.4. The molecule has 0 amide bonds. The van der Waals surface area contributed by atoms with E-state index in [1.54, 1.807) is 50.6 Å². The quantitative estimate of drug-likeness (QED) is 0.323. The van der Waals surface area contributed by atoms with Gasteiger partial charge in [0.1, 0.15) is 23.0 Å². The van der Waals surface area contributed by atoms with E-state index in [0.717, 1.165) is 18.3 Å². The van der Waals surface area contributed by atoms with Crippen LogP contribution in [-0.4, -0.2) is 60.0 Å². The first kappa shape index (κ1) is 28.0. The third-order valence-corrected chi connectivity index (χ3v) is 3.99. The Bertz CT molecular complexity index is 855. The molecule has 0 aliphatic heterocycles. The van der Waals surface area contributed by atoms with Crippen molar-refractivity contribution in [3.8, 4) is 23.0 Å². The molecule has 0 atom stereocenters. The predicted octanol–water partition coefficient (Wildman–Crippen LogP) is 3.52. The Morgan fingerprint density at radius 1 is 0.806 bits per heavy atom. The first-order chi connectivity index (χ1) is 14.2. The Hall–Kier alpha value is -3.03. The second kappa shape index (κ2) is 14.1. The summed E-state index contributed by atoms with van der Waals surface area (Å²) in [5, 5.41) is 27.5. The van der Waals surface area contributed by atoms with Crippen LogP contribution < -0.4 is 9.47 Å². The summed E-state index contributed by atoms with van der Waals surface area (Å²) in [7, 11) is 3.10. The van der Waals surface area contributed by atoms with Gasteiger partial charge in [-0.05, 0) is 38.1 Å². The molecule has 0 saturated heterocycles. The van der Waals surface area contributed by atoms with Gasteiger partial charge in [0.15, 0.2) is 0 Å². The average molecular weight is 471 g/mol. The van der Waals surface area contributed by atoms with E-state index in [-0.39, 0.29) is 28.6 Å². The van der Waals surface area contributed by atoms with Crippen molar-refractivity contribution in [1.29, 1.82) is 0 Å². The summed E-state index contributed by atoms with van der Waals surface area (Å²) in [5.41, 5.74) is 2.79. The van der Waals surface area contributed by atoms with Crippen LogP contribution in [0.15, 0.2) is 46.4 Å². The van der Waals surface area contributed by atoms with Crippen LogP contribution in [0.25, 0.3) is 0 Å². The summed E-state index contributed by atoms with van der Waals surface area (Å²) in [6, 6.07) is 10.2. The van der Waals surface area contributed by atoms with Gasteiger partial charge in [0.25, 0.3) is 5.97 Å². The number of hydrogen-bond donors (Lipinski definition) is 3. The fraction of sp³-hybridized carbons (Fsp3) is 0.318. The van der Waals surface area contributed by atoms with Crippen molar-refractivity contribution in [1.82, 2.24) is 0 Å². The van der Waals surface area contributed by atoms with E-state index in [1.165, 1.54) is 0 Å². The second-order valence-electron chi connectivity index (χ2n) is 6.22. The van der Waals surface area contributed by atoms with Gasteiger partial charge in [0, 0.05) is 58.7 Å². The van der Waals surface area contributed by atoms with Crippen LogP contribution in [0.1, 0.15) is 31.9 Å². The number of hydrogen-bond acceptors (Lipinski definition) is 7. The minimum absolute atomic E-state index is 0. The number of aliphatic imine (C=N–C) groups is 2. The average Bonchev–Trinajstić information content (AvgIpc) is 2.70. The van der Waals surface area contributed by atoms with Gasteiger partial charge in [-0.3, -0.25) is 14.8 Å². The van der Waals surface area contributed by atoms with E-state index in [9.17, 15) is 10.2 Å². The minimum atomic E-state index is -0.833. The number of rotatable bonds is 7. The maximum Gasteiger partial charge on any atom is 0.300 e. The molecule has 8 nitrogen and oxygen atoms in total. The van der Waals surface area contributed by atoms with Crippen molar-refractivity contribution in [2.75, 3.05) is 27.3 Å². The van der Waals surface area contributed by atoms with Crippen LogP contribution in [0.3, 0.4) is 0 Å². The van der Waals surface area contributed by atoms with Crippen molar-refractivity contribution < 1.29 is 46.7 Å². The zero-order chi connectivity index (χ0) is 22.7. The van der Waals surface area contributed by atoms with Gasteiger partial charge in [0.05, 0.1) is 27.3 Å². The molecule has 31 heavy (non-hydrogen) atoms. The third kappa shape index (κ3) is 9.55. The maximum absolute atomic E-state index is 10.0. The number of phenols is 2. The van der Waals surface area contributed by atoms with Crippen molar-refractivity contribution in [2.24, 2.45) is 9.98 Å². The SMILES string of the molecule is CC(=O)O.COc1ccc(C(C)=NCCN=C(C)c2ccc(OC)cc2O)c(O)c1.[Mn]. The van der Waals surface area contributed by atoms with Gasteiger partial charge in [0.2, 0.25) is 0 Å². The van der Waals surface area contributed by atoms with Crippen molar-refractivity contribution >= 4 is 17.4 Å². The summed E-state index contributed by atoms with van der Waals surface area (Å²) < 4.78 is 10.1. The number of phenolic OH excluding ortho intramolecular Hbond substituents is 2. The standard InChI is InChI=1S/C20H24N2O4.C2H4O2.Mn/c1-13(17-7-5-15(25-3)11-19(17)23)21-9-10-22-14(2)18-8-6-16(26-4)12-20(18)24;1-2(3)4;/h5-8,11-12,23-24H,9-10H2,1-4H3;1H3,(H,3,4);. The first-order valence-electron chi connectivity index (χ1n) is 9.16. The zero-order valence-electron chi connectivity index (χ0n) is 18.2. The summed E-state index contributed by atoms with van der Waals surface area (Å²) in [6.07, 6.45) is 0. The number of carboxylic acid groups (broad SMARTS) is 1. The summed E-state index contributed by atoms with van der Waals surface area (Å²) in [5.74, 6) is 0.624. The van der Waals surface area contributed by atoms with Crippen LogP contribution in [0.4, 0.5) is 0 Å². The maximum atomic E-state index is 10.0. The molecule has 0 fully saturated rings. The fourth-order valence-corrected chi connectivity index (χ4v) is 2.49. The van der Waals surface area contributed by atoms with Gasteiger partial charge in [-0.1, -0.05) is 0 Å².